The van der Waals surface area contributed by atoms with E-state index in [4.69, 9.17) is 11.6 Å². The Morgan fingerprint density at radius 3 is 2.30 bits per heavy atom. The summed E-state index contributed by atoms with van der Waals surface area (Å²) in [7, 11) is 3.27. The Morgan fingerprint density at radius 2 is 1.85 bits per heavy atom. The molecule has 20 heavy (non-hydrogen) atoms. The highest BCUT2D eigenvalue weighted by Gasteiger charge is 2.16. The first-order valence-electron chi connectivity index (χ1n) is 5.80. The third-order valence-electron chi connectivity index (χ3n) is 2.41. The number of alkyl halides is 1. The molecular formula is C12H15ClN4O3. The largest absolute Gasteiger partial charge is 0.345 e. The Bertz CT molecular complexity index is 490. The highest BCUT2D eigenvalue weighted by molar-refractivity contribution is 6.18. The second kappa shape index (κ2) is 7.44. The van der Waals surface area contributed by atoms with Gasteiger partial charge in [0.05, 0.1) is 11.0 Å². The van der Waals surface area contributed by atoms with E-state index in [1.807, 2.05) is 0 Å². The minimum Gasteiger partial charge on any atom is -0.345 e. The average molecular weight is 299 g/mol. The van der Waals surface area contributed by atoms with Crippen LogP contribution in [-0.4, -0.2) is 43.4 Å². The Labute approximate surface area is 121 Å². The quantitative estimate of drug-likeness (QED) is 0.511. The van der Waals surface area contributed by atoms with E-state index in [0.717, 1.165) is 0 Å². The van der Waals surface area contributed by atoms with Crippen LogP contribution in [-0.2, 0) is 0 Å². The van der Waals surface area contributed by atoms with Crippen molar-refractivity contribution >= 4 is 29.2 Å². The van der Waals surface area contributed by atoms with Gasteiger partial charge >= 0.3 is 6.03 Å². The van der Waals surface area contributed by atoms with Crippen molar-refractivity contribution in [2.75, 3.05) is 31.5 Å². The van der Waals surface area contributed by atoms with Crippen LogP contribution in [0.1, 0.15) is 10.4 Å². The summed E-state index contributed by atoms with van der Waals surface area (Å²) in [6.45, 7) is 0.226. The summed E-state index contributed by atoms with van der Waals surface area (Å²) in [5.41, 5.74) is 0.716. The lowest BCUT2D eigenvalue weighted by Crippen LogP contribution is -2.37. The summed E-state index contributed by atoms with van der Waals surface area (Å²) in [4.78, 5) is 35.5. The second-order valence-electron chi connectivity index (χ2n) is 4.06. The number of nitrogens with zero attached hydrogens (tertiary/aromatic N) is 3. The molecule has 0 spiro atoms. The Kier molecular flexibility index (Phi) is 5.92. The summed E-state index contributed by atoms with van der Waals surface area (Å²) >= 11 is 5.44. The molecule has 0 aromatic heterocycles. The number of nitrogens with one attached hydrogen (secondary N) is 1. The molecule has 1 aromatic carbocycles. The van der Waals surface area contributed by atoms with E-state index in [1.165, 1.54) is 29.2 Å². The maximum Gasteiger partial charge on any atom is 0.345 e. The highest BCUT2D eigenvalue weighted by atomic mass is 35.5. The molecule has 8 heteroatoms. The van der Waals surface area contributed by atoms with Gasteiger partial charge in [0.25, 0.3) is 5.91 Å². The molecule has 0 saturated heterocycles. The van der Waals surface area contributed by atoms with Crippen LogP contribution in [0.2, 0.25) is 0 Å². The van der Waals surface area contributed by atoms with Crippen LogP contribution in [0.25, 0.3) is 0 Å². The van der Waals surface area contributed by atoms with Gasteiger partial charge in [0.15, 0.2) is 0 Å². The van der Waals surface area contributed by atoms with Crippen molar-refractivity contribution < 1.29 is 9.59 Å². The van der Waals surface area contributed by atoms with Crippen molar-refractivity contribution in [2.24, 2.45) is 5.29 Å². The number of carbonyl (C=O) groups is 2. The van der Waals surface area contributed by atoms with Crippen LogP contribution in [0.15, 0.2) is 29.6 Å². The standard InChI is InChI=1S/C12H15ClN4O3/c1-16(2)11(18)9-3-5-10(6-4-9)17(15-20)12(19)14-8-7-13/h3-6H,7-8H2,1-2H3,(H,14,19). The van der Waals surface area contributed by atoms with Crippen molar-refractivity contribution in [3.8, 4) is 0 Å². The maximum atomic E-state index is 11.7. The molecule has 0 fully saturated rings. The molecule has 0 aliphatic heterocycles. The smallest absolute Gasteiger partial charge is 0.345 e. The number of carbonyl (C=O) groups excluding carboxylic acids is 2. The minimum atomic E-state index is -0.674. The molecule has 0 radical (unpaired) electrons. The van der Waals surface area contributed by atoms with Crippen LogP contribution in [0, 0.1) is 4.91 Å². The monoisotopic (exact) mass is 298 g/mol. The number of hydrogen-bond donors (Lipinski definition) is 1. The number of halogens is 1. The van der Waals surface area contributed by atoms with Crippen LogP contribution in [0.3, 0.4) is 0 Å². The lowest BCUT2D eigenvalue weighted by molar-refractivity contribution is 0.0827. The van der Waals surface area contributed by atoms with Gasteiger partial charge in [-0.05, 0) is 24.3 Å². The Morgan fingerprint density at radius 1 is 1.25 bits per heavy atom. The number of benzene rings is 1. The van der Waals surface area contributed by atoms with Gasteiger partial charge in [0, 0.05) is 32.1 Å². The Hall–Kier alpha value is -2.15. The molecule has 7 nitrogen and oxygen atoms in total. The van der Waals surface area contributed by atoms with Gasteiger partial charge in [-0.25, -0.2) is 4.79 Å². The van der Waals surface area contributed by atoms with E-state index in [0.29, 0.717) is 10.6 Å². The van der Waals surface area contributed by atoms with Gasteiger partial charge < -0.3 is 10.2 Å². The fourth-order valence-electron chi connectivity index (χ4n) is 1.43. The summed E-state index contributed by atoms with van der Waals surface area (Å²) in [6, 6.07) is 5.30. The molecule has 0 atom stereocenters. The topological polar surface area (TPSA) is 82.1 Å². The van der Waals surface area contributed by atoms with E-state index in [9.17, 15) is 14.5 Å². The first-order valence-corrected chi connectivity index (χ1v) is 6.33. The summed E-state index contributed by atoms with van der Waals surface area (Å²) in [6.07, 6.45) is 0. The molecule has 0 saturated carbocycles. The maximum absolute atomic E-state index is 11.7. The molecule has 1 rings (SSSR count). The predicted octanol–water partition coefficient (Wildman–Crippen LogP) is 1.82. The van der Waals surface area contributed by atoms with Crippen LogP contribution in [0.5, 0.6) is 0 Å². The second-order valence-corrected chi connectivity index (χ2v) is 4.44. The molecule has 1 aromatic rings. The van der Waals surface area contributed by atoms with Crippen molar-refractivity contribution in [1.82, 2.24) is 10.2 Å². The fourth-order valence-corrected chi connectivity index (χ4v) is 1.53. The zero-order valence-electron chi connectivity index (χ0n) is 11.2. The number of amides is 3. The van der Waals surface area contributed by atoms with Gasteiger partial charge in [-0.1, -0.05) is 0 Å². The molecule has 0 aliphatic carbocycles. The lowest BCUT2D eigenvalue weighted by Gasteiger charge is -2.15. The molecule has 1 N–H and O–H groups in total. The van der Waals surface area contributed by atoms with Crippen LogP contribution in [0.4, 0.5) is 10.5 Å². The fraction of sp³-hybridized carbons (Fsp3) is 0.333. The van der Waals surface area contributed by atoms with Gasteiger partial charge in [-0.15, -0.1) is 21.5 Å². The normalized spacial score (nSPS) is 9.75. The van der Waals surface area contributed by atoms with Gasteiger partial charge in [0.2, 0.25) is 0 Å². The van der Waals surface area contributed by atoms with Crippen molar-refractivity contribution in [1.29, 1.82) is 0 Å². The molecule has 0 unspecified atom stereocenters. The molecular weight excluding hydrogens is 284 g/mol. The molecule has 3 amide bonds. The van der Waals surface area contributed by atoms with E-state index >= 15 is 0 Å². The molecule has 0 aliphatic rings. The number of hydrogen-bond acceptors (Lipinski definition) is 4. The average Bonchev–Trinajstić information content (AvgIpc) is 2.45. The van der Waals surface area contributed by atoms with E-state index in [2.05, 4.69) is 10.6 Å². The third kappa shape index (κ3) is 3.92. The number of anilines is 1. The van der Waals surface area contributed by atoms with E-state index in [-0.39, 0.29) is 24.0 Å². The lowest BCUT2D eigenvalue weighted by atomic mass is 10.2. The van der Waals surface area contributed by atoms with Crippen molar-refractivity contribution in [2.45, 2.75) is 0 Å². The third-order valence-corrected chi connectivity index (χ3v) is 2.60. The highest BCUT2D eigenvalue weighted by Crippen LogP contribution is 2.16. The van der Waals surface area contributed by atoms with E-state index < -0.39 is 6.03 Å². The first kappa shape index (κ1) is 15.9. The van der Waals surface area contributed by atoms with Crippen molar-refractivity contribution in [3.05, 3.63) is 34.7 Å². The van der Waals surface area contributed by atoms with E-state index in [1.54, 1.807) is 14.1 Å². The summed E-state index contributed by atoms with van der Waals surface area (Å²) in [5, 5.41) is 5.74. The summed E-state index contributed by atoms with van der Waals surface area (Å²) < 4.78 is 0. The van der Waals surface area contributed by atoms with Gasteiger partial charge in [-0.2, -0.15) is 0 Å². The van der Waals surface area contributed by atoms with Crippen LogP contribution >= 0.6 is 11.6 Å². The van der Waals surface area contributed by atoms with Crippen molar-refractivity contribution in [3.63, 3.8) is 0 Å². The first-order chi connectivity index (χ1) is 9.51. The predicted molar refractivity (Wildman–Crippen MR) is 76.9 cm³/mol. The number of rotatable bonds is 5. The number of nitroso groups, excluding NO2 is 1. The summed E-state index contributed by atoms with van der Waals surface area (Å²) in [5.74, 6) is 0.0584. The van der Waals surface area contributed by atoms with Crippen LogP contribution < -0.4 is 10.3 Å². The zero-order chi connectivity index (χ0) is 15.1. The van der Waals surface area contributed by atoms with Gasteiger partial charge in [-0.3, -0.25) is 4.79 Å². The number of urea groups is 1. The Balaban J connectivity index is 2.87. The molecule has 0 bridgehead atoms. The minimum absolute atomic E-state index is 0.172. The zero-order valence-corrected chi connectivity index (χ0v) is 11.9. The molecule has 0 heterocycles. The molecule has 108 valence electrons. The SMILES string of the molecule is CN(C)C(=O)c1ccc(N(N=O)C(=O)NCCCl)cc1. The van der Waals surface area contributed by atoms with Gasteiger partial charge in [0.1, 0.15) is 0 Å².